The summed E-state index contributed by atoms with van der Waals surface area (Å²) in [7, 11) is 3.63. The molecule has 3 fully saturated rings. The van der Waals surface area contributed by atoms with E-state index in [9.17, 15) is 9.59 Å². The van der Waals surface area contributed by atoms with Crippen molar-refractivity contribution in [2.45, 2.75) is 38.3 Å². The second-order valence-electron chi connectivity index (χ2n) is 11.8. The molecule has 0 radical (unpaired) electrons. The Morgan fingerprint density at radius 3 is 2.38 bits per heavy atom. The maximum absolute atomic E-state index is 15.3. The Morgan fingerprint density at radius 2 is 1.69 bits per heavy atom. The Morgan fingerprint density at radius 1 is 1.00 bits per heavy atom. The van der Waals surface area contributed by atoms with Crippen molar-refractivity contribution >= 4 is 40.6 Å². The predicted octanol–water partition coefficient (Wildman–Crippen LogP) is 3.58. The number of hydrazine groups is 1. The minimum Gasteiger partial charge on any atom is -0.490 e. The molecule has 0 spiro atoms. The number of cyclic esters (lactones) is 1. The predicted molar refractivity (Wildman–Crippen MR) is 172 cm³/mol. The number of halogens is 2. The van der Waals surface area contributed by atoms with Crippen molar-refractivity contribution in [1.82, 2.24) is 20.2 Å². The van der Waals surface area contributed by atoms with Gasteiger partial charge in [-0.15, -0.1) is 0 Å². The summed E-state index contributed by atoms with van der Waals surface area (Å²) >= 11 is 5.04. The van der Waals surface area contributed by atoms with Gasteiger partial charge in [0, 0.05) is 77.3 Å². The monoisotopic (exact) mass is 644 g/mol. The van der Waals surface area contributed by atoms with Crippen molar-refractivity contribution < 1.29 is 27.8 Å². The molecule has 2 aromatic carbocycles. The summed E-state index contributed by atoms with van der Waals surface area (Å²) in [6, 6.07) is 10.8. The molecule has 0 aliphatic carbocycles. The highest BCUT2D eigenvalue weighted by atomic mass is 32.1. The lowest BCUT2D eigenvalue weighted by Gasteiger charge is -2.32. The van der Waals surface area contributed by atoms with Crippen molar-refractivity contribution in [1.29, 1.82) is 0 Å². The number of rotatable bonds is 10. The number of anilines is 2. The SMILES string of the molecule is COC(=S)CC[C@H]1CN(c2cc(F)c(N3CCNN(C(=O)CCc4ccc(CN5CCN(C)CC5)cc4)CC3)c(F)c2)C(=O)O1. The Hall–Kier alpha value is -3.39. The number of thiocarbonyl (C=S) groups is 1. The van der Waals surface area contributed by atoms with Gasteiger partial charge >= 0.3 is 6.09 Å². The van der Waals surface area contributed by atoms with Crippen LogP contribution in [0.1, 0.15) is 30.4 Å². The van der Waals surface area contributed by atoms with Crippen LogP contribution in [0.25, 0.3) is 0 Å². The molecular weight excluding hydrogens is 602 g/mol. The highest BCUT2D eigenvalue weighted by molar-refractivity contribution is 7.80. The molecule has 3 aliphatic rings. The minimum absolute atomic E-state index is 0.0667. The Bertz CT molecular complexity index is 1330. The number of ether oxygens (including phenoxy) is 2. The van der Waals surface area contributed by atoms with E-state index < -0.39 is 23.8 Å². The van der Waals surface area contributed by atoms with E-state index in [1.165, 1.54) is 17.6 Å². The zero-order chi connectivity index (χ0) is 31.9. The van der Waals surface area contributed by atoms with Gasteiger partial charge in [-0.3, -0.25) is 19.6 Å². The van der Waals surface area contributed by atoms with Gasteiger partial charge in [-0.25, -0.2) is 19.0 Å². The van der Waals surface area contributed by atoms with Crippen LogP contribution in [0.2, 0.25) is 0 Å². The van der Waals surface area contributed by atoms with E-state index >= 15 is 8.78 Å². The van der Waals surface area contributed by atoms with Crippen LogP contribution in [0.4, 0.5) is 25.0 Å². The quantitative estimate of drug-likeness (QED) is 0.391. The normalized spacial score (nSPS) is 19.9. The van der Waals surface area contributed by atoms with Gasteiger partial charge in [0.25, 0.3) is 0 Å². The third-order valence-corrected chi connectivity index (χ3v) is 9.00. The van der Waals surface area contributed by atoms with Crippen LogP contribution in [0.15, 0.2) is 36.4 Å². The lowest BCUT2D eigenvalue weighted by molar-refractivity contribution is -0.133. The van der Waals surface area contributed by atoms with Crippen LogP contribution in [0.5, 0.6) is 0 Å². The van der Waals surface area contributed by atoms with E-state index in [0.717, 1.165) is 50.4 Å². The molecule has 3 aliphatic heterocycles. The van der Waals surface area contributed by atoms with Crippen LogP contribution in [-0.4, -0.2) is 111 Å². The van der Waals surface area contributed by atoms with Crippen molar-refractivity contribution in [2.24, 2.45) is 0 Å². The number of piperazine rings is 1. The molecular formula is C32H42F2N6O4S. The molecule has 5 rings (SSSR count). The molecule has 13 heteroatoms. The second-order valence-corrected chi connectivity index (χ2v) is 12.3. The number of likely N-dealkylation sites (N-methyl/N-ethyl adjacent to an activating group) is 1. The topological polar surface area (TPSA) is 80.8 Å². The van der Waals surface area contributed by atoms with E-state index in [0.29, 0.717) is 43.8 Å². The average molecular weight is 645 g/mol. The molecule has 1 atom stereocenters. The first kappa shape index (κ1) is 33.0. The average Bonchev–Trinajstić information content (AvgIpc) is 3.24. The third-order valence-electron chi connectivity index (χ3n) is 8.63. The number of nitrogens with one attached hydrogen (secondary N) is 1. The van der Waals surface area contributed by atoms with Gasteiger partial charge in [0.15, 0.2) is 16.7 Å². The van der Waals surface area contributed by atoms with Crippen molar-refractivity contribution in [3.05, 3.63) is 59.2 Å². The van der Waals surface area contributed by atoms with Crippen molar-refractivity contribution in [3.63, 3.8) is 0 Å². The van der Waals surface area contributed by atoms with E-state index in [2.05, 4.69) is 46.5 Å². The Kier molecular flexibility index (Phi) is 11.2. The molecule has 2 aromatic rings. The number of nitrogens with zero attached hydrogens (tertiary/aromatic N) is 5. The summed E-state index contributed by atoms with van der Waals surface area (Å²) < 4.78 is 41.0. The first-order valence-corrected chi connectivity index (χ1v) is 15.9. The van der Waals surface area contributed by atoms with Crippen LogP contribution >= 0.6 is 12.2 Å². The lowest BCUT2D eigenvalue weighted by atomic mass is 10.1. The fourth-order valence-corrected chi connectivity index (χ4v) is 6.02. The van der Waals surface area contributed by atoms with E-state index in [1.807, 2.05) is 0 Å². The second kappa shape index (κ2) is 15.3. The number of amides is 2. The maximum atomic E-state index is 15.3. The summed E-state index contributed by atoms with van der Waals surface area (Å²) in [6.45, 7) is 6.57. The molecule has 2 amide bonds. The van der Waals surface area contributed by atoms with Gasteiger partial charge in [0.1, 0.15) is 11.8 Å². The zero-order valence-electron chi connectivity index (χ0n) is 26.0. The smallest absolute Gasteiger partial charge is 0.414 e. The van der Waals surface area contributed by atoms with Crippen LogP contribution in [-0.2, 0) is 27.2 Å². The van der Waals surface area contributed by atoms with Gasteiger partial charge in [-0.1, -0.05) is 24.3 Å². The number of hydrogen-bond donors (Lipinski definition) is 1. The lowest BCUT2D eigenvalue weighted by Crippen LogP contribution is -2.43. The van der Waals surface area contributed by atoms with E-state index in [4.69, 9.17) is 21.7 Å². The first-order valence-electron chi connectivity index (χ1n) is 15.5. The summed E-state index contributed by atoms with van der Waals surface area (Å²) in [4.78, 5) is 33.1. The van der Waals surface area contributed by atoms with Gasteiger partial charge in [-0.2, -0.15) is 0 Å². The number of hydrogen-bond acceptors (Lipinski definition) is 9. The molecule has 3 saturated heterocycles. The van der Waals surface area contributed by atoms with Gasteiger partial charge < -0.3 is 19.3 Å². The van der Waals surface area contributed by atoms with Gasteiger partial charge in [0.05, 0.1) is 25.9 Å². The molecule has 0 unspecified atom stereocenters. The number of carbonyl (C=O) groups is 2. The summed E-state index contributed by atoms with van der Waals surface area (Å²) in [5.74, 6) is -1.63. The molecule has 10 nitrogen and oxygen atoms in total. The largest absolute Gasteiger partial charge is 0.490 e. The van der Waals surface area contributed by atoms with E-state index in [-0.39, 0.29) is 36.9 Å². The third kappa shape index (κ3) is 8.66. The molecule has 0 saturated carbocycles. The summed E-state index contributed by atoms with van der Waals surface area (Å²) in [5.41, 5.74) is 5.38. The molecule has 244 valence electrons. The minimum atomic E-state index is -0.780. The van der Waals surface area contributed by atoms with Crippen LogP contribution in [0, 0.1) is 11.6 Å². The Balaban J connectivity index is 1.11. The molecule has 0 bridgehead atoms. The highest BCUT2D eigenvalue weighted by Crippen LogP contribution is 2.32. The van der Waals surface area contributed by atoms with Crippen LogP contribution in [0.3, 0.4) is 0 Å². The zero-order valence-corrected chi connectivity index (χ0v) is 26.8. The number of benzene rings is 2. The molecule has 0 aromatic heterocycles. The fourth-order valence-electron chi connectivity index (χ4n) is 5.90. The summed E-state index contributed by atoms with van der Waals surface area (Å²) in [6.07, 6.45) is 0.711. The number of aryl methyl sites for hydroxylation is 1. The number of carbonyl (C=O) groups excluding carboxylic acids is 2. The van der Waals surface area contributed by atoms with E-state index in [1.54, 1.807) is 9.91 Å². The van der Waals surface area contributed by atoms with Crippen molar-refractivity contribution in [3.8, 4) is 0 Å². The van der Waals surface area contributed by atoms with Crippen molar-refractivity contribution in [2.75, 3.05) is 82.9 Å². The number of methoxy groups -OCH3 is 1. The standard InChI is InChI=1S/C32H42F2N6O4S/c1-36-13-15-37(16-14-36)21-24-5-3-23(4-6-24)7-9-29(41)40-18-17-38(12-11-35-40)31-27(33)19-25(20-28(31)34)39-22-26(44-32(39)42)8-10-30(45)43-2/h3-6,19-20,26,35H,7-18,21-22H2,1-2H3/t26-/m0/s1. The van der Waals surface area contributed by atoms with Crippen LogP contribution < -0.4 is 15.2 Å². The first-order chi connectivity index (χ1) is 21.7. The van der Waals surface area contributed by atoms with Gasteiger partial charge in [0.2, 0.25) is 5.91 Å². The fraction of sp³-hybridized carbons (Fsp3) is 0.531. The van der Waals surface area contributed by atoms with Gasteiger partial charge in [-0.05, 0) is 43.2 Å². The maximum Gasteiger partial charge on any atom is 0.414 e. The molecule has 3 heterocycles. The molecule has 45 heavy (non-hydrogen) atoms. The Labute approximate surface area is 268 Å². The summed E-state index contributed by atoms with van der Waals surface area (Å²) in [5, 5.41) is 1.95. The highest BCUT2D eigenvalue weighted by Gasteiger charge is 2.34. The molecule has 1 N–H and O–H groups in total.